The zero-order valence-electron chi connectivity index (χ0n) is 7.35. The number of benzene rings is 1. The van der Waals surface area contributed by atoms with Crippen molar-refractivity contribution in [3.05, 3.63) is 18.2 Å². The number of aliphatic imine (C=N–C) groups is 1. The number of hydrogen-bond acceptors (Lipinski definition) is 5. The fourth-order valence-electron chi connectivity index (χ4n) is 1.21. The molecule has 1 aromatic carbocycles. The summed E-state index contributed by atoms with van der Waals surface area (Å²) in [5.41, 5.74) is 0.582. The molecule has 1 aromatic heterocycles. The highest BCUT2D eigenvalue weighted by molar-refractivity contribution is 7.14. The van der Waals surface area contributed by atoms with E-state index in [0.717, 1.165) is 10.1 Å². The van der Waals surface area contributed by atoms with Crippen molar-refractivity contribution in [2.45, 2.75) is 0 Å². The lowest BCUT2D eigenvalue weighted by molar-refractivity contribution is 0.407. The third kappa shape index (κ3) is 1.28. The van der Waals surface area contributed by atoms with E-state index in [-0.39, 0.29) is 0 Å². The van der Waals surface area contributed by atoms with Gasteiger partial charge in [-0.05, 0) is 23.7 Å². The first-order valence-electron chi connectivity index (χ1n) is 3.87. The van der Waals surface area contributed by atoms with Crippen LogP contribution in [0.1, 0.15) is 0 Å². The third-order valence-electron chi connectivity index (χ3n) is 1.80. The van der Waals surface area contributed by atoms with E-state index in [1.807, 2.05) is 6.07 Å². The molecule has 4 nitrogen and oxygen atoms in total. The first kappa shape index (κ1) is 8.87. The number of isocyanates is 1. The Morgan fingerprint density at radius 2 is 2.43 bits per heavy atom. The molecular weight excluding hydrogens is 200 g/mol. The van der Waals surface area contributed by atoms with E-state index in [0.29, 0.717) is 11.6 Å². The van der Waals surface area contributed by atoms with Crippen molar-refractivity contribution in [2.24, 2.45) is 4.99 Å². The summed E-state index contributed by atoms with van der Waals surface area (Å²) < 4.78 is 9.99. The van der Waals surface area contributed by atoms with Crippen LogP contribution < -0.4 is 4.74 Å². The van der Waals surface area contributed by atoms with Gasteiger partial charge in [0.1, 0.15) is 0 Å². The van der Waals surface area contributed by atoms with Gasteiger partial charge in [-0.2, -0.15) is 9.37 Å². The highest BCUT2D eigenvalue weighted by atomic mass is 32.1. The van der Waals surface area contributed by atoms with Gasteiger partial charge in [-0.3, -0.25) is 0 Å². The van der Waals surface area contributed by atoms with Crippen LogP contribution in [0.25, 0.3) is 10.1 Å². The van der Waals surface area contributed by atoms with Crippen molar-refractivity contribution in [2.75, 3.05) is 7.11 Å². The van der Waals surface area contributed by atoms with E-state index >= 15 is 0 Å². The number of methoxy groups -OCH3 is 1. The van der Waals surface area contributed by atoms with Crippen molar-refractivity contribution in [1.82, 2.24) is 4.37 Å². The topological polar surface area (TPSA) is 51.6 Å². The molecule has 0 fully saturated rings. The molecule has 0 radical (unpaired) electrons. The Hall–Kier alpha value is -1.71. The molecule has 2 rings (SSSR count). The van der Waals surface area contributed by atoms with Gasteiger partial charge >= 0.3 is 0 Å². The second-order valence-corrected chi connectivity index (χ2v) is 3.32. The van der Waals surface area contributed by atoms with Crippen molar-refractivity contribution in [3.63, 3.8) is 0 Å². The average Bonchev–Trinajstić information content (AvgIpc) is 2.62. The number of fused-ring (bicyclic) bond motifs is 1. The van der Waals surface area contributed by atoms with Crippen molar-refractivity contribution < 1.29 is 9.53 Å². The van der Waals surface area contributed by atoms with E-state index in [1.165, 1.54) is 17.6 Å². The lowest BCUT2D eigenvalue weighted by Crippen LogP contribution is -1.80. The summed E-state index contributed by atoms with van der Waals surface area (Å²) in [5, 5.41) is 0.869. The molecule has 0 amide bonds. The molecule has 0 aliphatic rings. The second-order valence-electron chi connectivity index (χ2n) is 2.55. The summed E-state index contributed by atoms with van der Waals surface area (Å²) in [7, 11) is 1.56. The second kappa shape index (κ2) is 3.57. The van der Waals surface area contributed by atoms with Crippen LogP contribution >= 0.6 is 11.5 Å². The number of carbonyl (C=O) groups excluding carboxylic acids is 1. The molecular formula is C9H6N2O2S. The molecule has 5 heteroatoms. The molecule has 0 saturated heterocycles. The normalized spacial score (nSPS) is 9.79. The fourth-order valence-corrected chi connectivity index (χ4v) is 2.02. The number of rotatable bonds is 2. The van der Waals surface area contributed by atoms with Gasteiger partial charge in [-0.25, -0.2) is 4.79 Å². The van der Waals surface area contributed by atoms with E-state index in [4.69, 9.17) is 4.74 Å². The Balaban J connectivity index is 2.76. The maximum atomic E-state index is 10.2. The standard InChI is InChI=1S/C9H6N2O2S/c1-13-9-6-3-2-4-7(10-5-12)8(6)14-11-9/h2-4H,1H3. The zero-order chi connectivity index (χ0) is 9.97. The molecule has 0 unspecified atom stereocenters. The molecule has 2 aromatic rings. The maximum absolute atomic E-state index is 10.2. The first-order chi connectivity index (χ1) is 6.86. The number of hydrogen-bond donors (Lipinski definition) is 0. The Morgan fingerprint density at radius 3 is 3.14 bits per heavy atom. The summed E-state index contributed by atoms with van der Waals surface area (Å²) in [6.07, 6.45) is 1.52. The van der Waals surface area contributed by atoms with Crippen LogP contribution in [-0.2, 0) is 4.79 Å². The number of ether oxygens (including phenoxy) is 1. The summed E-state index contributed by atoms with van der Waals surface area (Å²) >= 11 is 1.26. The SMILES string of the molecule is COc1nsc2c(N=C=O)cccc12. The van der Waals surface area contributed by atoms with Crippen LogP contribution in [0, 0.1) is 0 Å². The Morgan fingerprint density at radius 1 is 1.57 bits per heavy atom. The van der Waals surface area contributed by atoms with Crippen LogP contribution in [0.5, 0.6) is 5.88 Å². The molecule has 0 spiro atoms. The highest BCUT2D eigenvalue weighted by Crippen LogP contribution is 2.34. The van der Waals surface area contributed by atoms with Gasteiger partial charge in [-0.15, -0.1) is 0 Å². The Bertz CT molecular complexity index is 515. The molecule has 0 N–H and O–H groups in total. The number of aromatic nitrogens is 1. The van der Waals surface area contributed by atoms with Crippen LogP contribution in [-0.4, -0.2) is 17.6 Å². The molecule has 0 aliphatic carbocycles. The Labute approximate surface area is 84.0 Å². The minimum Gasteiger partial charge on any atom is -0.480 e. The Kier molecular flexibility index (Phi) is 2.26. The van der Waals surface area contributed by atoms with Crippen molar-refractivity contribution >= 4 is 33.4 Å². The molecule has 14 heavy (non-hydrogen) atoms. The number of nitrogens with zero attached hydrogens (tertiary/aromatic N) is 2. The zero-order valence-corrected chi connectivity index (χ0v) is 8.17. The maximum Gasteiger partial charge on any atom is 0.240 e. The monoisotopic (exact) mass is 206 g/mol. The van der Waals surface area contributed by atoms with Crippen LogP contribution in [0.4, 0.5) is 5.69 Å². The van der Waals surface area contributed by atoms with E-state index in [1.54, 1.807) is 19.2 Å². The van der Waals surface area contributed by atoms with E-state index < -0.39 is 0 Å². The first-order valence-corrected chi connectivity index (χ1v) is 4.64. The predicted octanol–water partition coefficient (Wildman–Crippen LogP) is 2.27. The van der Waals surface area contributed by atoms with Gasteiger partial charge in [0.2, 0.25) is 12.0 Å². The largest absolute Gasteiger partial charge is 0.480 e. The molecule has 70 valence electrons. The average molecular weight is 206 g/mol. The fraction of sp³-hybridized carbons (Fsp3) is 0.111. The van der Waals surface area contributed by atoms with Crippen LogP contribution in [0.3, 0.4) is 0 Å². The molecule has 1 heterocycles. The van der Waals surface area contributed by atoms with E-state index in [2.05, 4.69) is 9.37 Å². The van der Waals surface area contributed by atoms with Gasteiger partial charge < -0.3 is 4.74 Å². The minimum absolute atomic E-state index is 0.563. The van der Waals surface area contributed by atoms with Crippen molar-refractivity contribution in [3.8, 4) is 5.88 Å². The van der Waals surface area contributed by atoms with Gasteiger partial charge in [0.05, 0.1) is 22.9 Å². The third-order valence-corrected chi connectivity index (χ3v) is 2.67. The highest BCUT2D eigenvalue weighted by Gasteiger charge is 2.08. The van der Waals surface area contributed by atoms with Gasteiger partial charge in [0, 0.05) is 0 Å². The molecule has 0 bridgehead atoms. The van der Waals surface area contributed by atoms with Crippen LogP contribution in [0.15, 0.2) is 23.2 Å². The summed E-state index contributed by atoms with van der Waals surface area (Å²) in [6.45, 7) is 0. The summed E-state index contributed by atoms with van der Waals surface area (Å²) in [4.78, 5) is 13.7. The predicted molar refractivity (Wildman–Crippen MR) is 54.0 cm³/mol. The quantitative estimate of drug-likeness (QED) is 0.559. The van der Waals surface area contributed by atoms with Gasteiger partial charge in [0.25, 0.3) is 0 Å². The molecule has 0 aliphatic heterocycles. The lowest BCUT2D eigenvalue weighted by Gasteiger charge is -1.94. The molecule has 0 saturated carbocycles. The van der Waals surface area contributed by atoms with E-state index in [9.17, 15) is 4.79 Å². The molecule has 0 atom stereocenters. The summed E-state index contributed by atoms with van der Waals surface area (Å²) in [5.74, 6) is 0.563. The van der Waals surface area contributed by atoms with Crippen LogP contribution in [0.2, 0.25) is 0 Å². The smallest absolute Gasteiger partial charge is 0.240 e. The van der Waals surface area contributed by atoms with Gasteiger partial charge in [0.15, 0.2) is 0 Å². The lowest BCUT2D eigenvalue weighted by atomic mass is 10.2. The van der Waals surface area contributed by atoms with Crippen molar-refractivity contribution in [1.29, 1.82) is 0 Å². The van der Waals surface area contributed by atoms with Gasteiger partial charge in [-0.1, -0.05) is 6.07 Å². The minimum atomic E-state index is 0.563. The summed E-state index contributed by atoms with van der Waals surface area (Å²) in [6, 6.07) is 5.42.